The summed E-state index contributed by atoms with van der Waals surface area (Å²) >= 11 is 0. The second kappa shape index (κ2) is 6.62. The fourth-order valence-corrected chi connectivity index (χ4v) is 2.38. The highest BCUT2D eigenvalue weighted by atomic mass is 19.4. The first-order valence-electron chi connectivity index (χ1n) is 6.65. The molecule has 1 saturated carbocycles. The largest absolute Gasteiger partial charge is 0.409 e. The Morgan fingerprint density at radius 2 is 2.00 bits per heavy atom. The van der Waals surface area contributed by atoms with E-state index in [0.717, 1.165) is 12.8 Å². The molecule has 0 saturated heterocycles. The Kier molecular flexibility index (Phi) is 5.64. The number of halogens is 3. The van der Waals surface area contributed by atoms with Crippen LogP contribution in [0.2, 0.25) is 0 Å². The summed E-state index contributed by atoms with van der Waals surface area (Å²) in [5, 5.41) is 23.6. The number of rotatable bonds is 5. The second-order valence-corrected chi connectivity index (χ2v) is 5.66. The summed E-state index contributed by atoms with van der Waals surface area (Å²) in [6.45, 7) is 1.65. The zero-order valence-electron chi connectivity index (χ0n) is 11.5. The van der Waals surface area contributed by atoms with Gasteiger partial charge in [0.05, 0.1) is 5.60 Å². The molecular formula is C12H22F3N3O2. The molecule has 5 nitrogen and oxygen atoms in total. The molecule has 0 aromatic carbocycles. The van der Waals surface area contributed by atoms with Gasteiger partial charge in [0.1, 0.15) is 5.92 Å². The van der Waals surface area contributed by atoms with Gasteiger partial charge in [0.25, 0.3) is 0 Å². The Balaban J connectivity index is 2.49. The molecule has 1 aliphatic rings. The summed E-state index contributed by atoms with van der Waals surface area (Å²) in [7, 11) is 0. The van der Waals surface area contributed by atoms with E-state index in [0.29, 0.717) is 18.8 Å². The third-order valence-corrected chi connectivity index (χ3v) is 3.88. The Labute approximate surface area is 116 Å². The summed E-state index contributed by atoms with van der Waals surface area (Å²) < 4.78 is 38.1. The predicted molar refractivity (Wildman–Crippen MR) is 68.4 cm³/mol. The first-order chi connectivity index (χ1) is 9.18. The minimum atomic E-state index is -4.59. The van der Waals surface area contributed by atoms with Gasteiger partial charge in [-0.1, -0.05) is 12.1 Å². The zero-order chi connectivity index (χ0) is 15.4. The van der Waals surface area contributed by atoms with Crippen molar-refractivity contribution in [3.63, 3.8) is 0 Å². The van der Waals surface area contributed by atoms with Crippen molar-refractivity contribution in [1.82, 2.24) is 5.32 Å². The fourth-order valence-electron chi connectivity index (χ4n) is 2.38. The van der Waals surface area contributed by atoms with E-state index in [-0.39, 0.29) is 6.54 Å². The van der Waals surface area contributed by atoms with E-state index in [2.05, 4.69) is 17.4 Å². The Hall–Kier alpha value is -1.02. The number of nitrogens with one attached hydrogen (secondary N) is 1. The molecule has 0 bridgehead atoms. The third-order valence-electron chi connectivity index (χ3n) is 3.88. The molecule has 1 rings (SSSR count). The SMILES string of the molecule is CC1CCC(O)(CNCC(C(N)=NO)C(F)(F)F)CC1. The standard InChI is InChI=1S/C12H22F3N3O2/c1-8-2-4-11(19,5-3-8)7-17-6-9(10(16)18-20)12(13,14)15/h8-9,17,19-20H,2-7H2,1H3,(H2,16,18). The van der Waals surface area contributed by atoms with Crippen molar-refractivity contribution in [2.45, 2.75) is 44.4 Å². The van der Waals surface area contributed by atoms with E-state index in [4.69, 9.17) is 10.9 Å². The molecule has 0 radical (unpaired) electrons. The van der Waals surface area contributed by atoms with Crippen LogP contribution in [0.5, 0.6) is 0 Å². The van der Waals surface area contributed by atoms with Gasteiger partial charge in [-0.2, -0.15) is 13.2 Å². The van der Waals surface area contributed by atoms with Crippen molar-refractivity contribution >= 4 is 5.84 Å². The average Bonchev–Trinajstić information content (AvgIpc) is 2.36. The van der Waals surface area contributed by atoms with Crippen molar-refractivity contribution in [3.8, 4) is 0 Å². The Morgan fingerprint density at radius 3 is 2.45 bits per heavy atom. The molecule has 118 valence electrons. The molecule has 1 atom stereocenters. The monoisotopic (exact) mass is 297 g/mol. The zero-order valence-corrected chi connectivity index (χ0v) is 11.5. The highest BCUT2D eigenvalue weighted by molar-refractivity contribution is 5.83. The summed E-state index contributed by atoms with van der Waals surface area (Å²) in [6.07, 6.45) is -1.72. The summed E-state index contributed by atoms with van der Waals surface area (Å²) in [5.74, 6) is -2.40. The van der Waals surface area contributed by atoms with E-state index in [9.17, 15) is 18.3 Å². The van der Waals surface area contributed by atoms with Gasteiger partial charge in [-0.3, -0.25) is 0 Å². The van der Waals surface area contributed by atoms with Gasteiger partial charge >= 0.3 is 6.18 Å². The quantitative estimate of drug-likeness (QED) is 0.267. The first-order valence-corrected chi connectivity index (χ1v) is 6.65. The van der Waals surface area contributed by atoms with Gasteiger partial charge < -0.3 is 21.4 Å². The normalized spacial score (nSPS) is 30.2. The van der Waals surface area contributed by atoms with E-state index in [1.165, 1.54) is 0 Å². The maximum Gasteiger partial charge on any atom is 0.400 e. The molecule has 0 heterocycles. The molecule has 0 amide bonds. The smallest absolute Gasteiger partial charge is 0.400 e. The van der Waals surface area contributed by atoms with E-state index >= 15 is 0 Å². The van der Waals surface area contributed by atoms with Crippen molar-refractivity contribution in [2.75, 3.05) is 13.1 Å². The highest BCUT2D eigenvalue weighted by Crippen LogP contribution is 2.31. The topological polar surface area (TPSA) is 90.9 Å². The van der Waals surface area contributed by atoms with Crippen LogP contribution in [0.25, 0.3) is 0 Å². The molecule has 0 aromatic heterocycles. The molecule has 1 fully saturated rings. The third kappa shape index (κ3) is 4.82. The molecule has 0 aliphatic heterocycles. The summed E-state index contributed by atoms with van der Waals surface area (Å²) in [4.78, 5) is 0. The van der Waals surface area contributed by atoms with E-state index in [1.54, 1.807) is 0 Å². The molecule has 8 heteroatoms. The first kappa shape index (κ1) is 17.0. The van der Waals surface area contributed by atoms with Crippen molar-refractivity contribution in [3.05, 3.63) is 0 Å². The van der Waals surface area contributed by atoms with Crippen LogP contribution in [-0.4, -0.2) is 41.0 Å². The van der Waals surface area contributed by atoms with Crippen LogP contribution in [0.15, 0.2) is 5.16 Å². The van der Waals surface area contributed by atoms with Crippen LogP contribution in [0.3, 0.4) is 0 Å². The van der Waals surface area contributed by atoms with E-state index < -0.39 is 30.1 Å². The van der Waals surface area contributed by atoms with Crippen LogP contribution in [0, 0.1) is 11.8 Å². The maximum atomic E-state index is 12.7. The lowest BCUT2D eigenvalue weighted by Crippen LogP contribution is -2.48. The van der Waals surface area contributed by atoms with Crippen LogP contribution < -0.4 is 11.1 Å². The summed E-state index contributed by atoms with van der Waals surface area (Å²) in [5.41, 5.74) is 4.09. The Morgan fingerprint density at radius 1 is 1.45 bits per heavy atom. The predicted octanol–water partition coefficient (Wildman–Crippen LogP) is 1.44. The highest BCUT2D eigenvalue weighted by Gasteiger charge is 2.43. The minimum Gasteiger partial charge on any atom is -0.409 e. The van der Waals surface area contributed by atoms with Gasteiger partial charge in [0.15, 0.2) is 5.84 Å². The van der Waals surface area contributed by atoms with Crippen LogP contribution in [-0.2, 0) is 0 Å². The number of aliphatic hydroxyl groups is 1. The van der Waals surface area contributed by atoms with Crippen molar-refractivity contribution < 1.29 is 23.5 Å². The molecule has 1 unspecified atom stereocenters. The number of hydrogen-bond acceptors (Lipinski definition) is 4. The lowest BCUT2D eigenvalue weighted by atomic mass is 9.79. The fraction of sp³-hybridized carbons (Fsp3) is 0.917. The number of oxime groups is 1. The molecule has 1 aliphatic carbocycles. The molecule has 0 spiro atoms. The van der Waals surface area contributed by atoms with Gasteiger partial charge in [0, 0.05) is 13.1 Å². The maximum absolute atomic E-state index is 12.7. The number of nitrogens with two attached hydrogens (primary N) is 1. The Bertz CT molecular complexity index is 339. The number of hydrogen-bond donors (Lipinski definition) is 4. The molecule has 20 heavy (non-hydrogen) atoms. The van der Waals surface area contributed by atoms with Crippen LogP contribution in [0.4, 0.5) is 13.2 Å². The molecule has 5 N–H and O–H groups in total. The van der Waals surface area contributed by atoms with Gasteiger partial charge in [-0.05, 0) is 31.6 Å². The number of alkyl halides is 3. The van der Waals surface area contributed by atoms with Crippen LogP contribution in [0.1, 0.15) is 32.6 Å². The number of amidine groups is 1. The number of nitrogens with zero attached hydrogens (tertiary/aromatic N) is 1. The lowest BCUT2D eigenvalue weighted by Gasteiger charge is -2.35. The lowest BCUT2D eigenvalue weighted by molar-refractivity contribution is -0.155. The average molecular weight is 297 g/mol. The van der Waals surface area contributed by atoms with Crippen LogP contribution >= 0.6 is 0 Å². The van der Waals surface area contributed by atoms with Gasteiger partial charge in [0.2, 0.25) is 0 Å². The van der Waals surface area contributed by atoms with Crippen molar-refractivity contribution in [1.29, 1.82) is 0 Å². The molecule has 0 aromatic rings. The minimum absolute atomic E-state index is 0.0744. The second-order valence-electron chi connectivity index (χ2n) is 5.66. The molecular weight excluding hydrogens is 275 g/mol. The van der Waals surface area contributed by atoms with Crippen molar-refractivity contribution in [2.24, 2.45) is 22.7 Å². The summed E-state index contributed by atoms with van der Waals surface area (Å²) in [6, 6.07) is 0. The van der Waals surface area contributed by atoms with E-state index in [1.807, 2.05) is 0 Å². The van der Waals surface area contributed by atoms with Gasteiger partial charge in [-0.25, -0.2) is 0 Å². The van der Waals surface area contributed by atoms with Gasteiger partial charge in [-0.15, -0.1) is 0 Å².